The molecule has 0 aliphatic carbocycles. The zero-order chi connectivity index (χ0) is 8.32. The Bertz CT molecular complexity index is 119. The lowest BCUT2D eigenvalue weighted by molar-refractivity contribution is 0.368. The molecule has 11 heavy (non-hydrogen) atoms. The number of hydrogen-bond acceptors (Lipinski definition) is 2. The van der Waals surface area contributed by atoms with E-state index in [1.165, 1.54) is 24.6 Å². The Morgan fingerprint density at radius 2 is 1.91 bits per heavy atom. The van der Waals surface area contributed by atoms with Gasteiger partial charge in [0.2, 0.25) is 0 Å². The Kier molecular flexibility index (Phi) is 3.22. The van der Waals surface area contributed by atoms with E-state index in [9.17, 15) is 0 Å². The van der Waals surface area contributed by atoms with Crippen molar-refractivity contribution < 1.29 is 0 Å². The second-order valence-electron chi connectivity index (χ2n) is 3.48. The van der Waals surface area contributed by atoms with Gasteiger partial charge in [0.1, 0.15) is 0 Å². The van der Waals surface area contributed by atoms with Gasteiger partial charge in [-0.25, -0.2) is 0 Å². The third-order valence-electron chi connectivity index (χ3n) is 2.34. The van der Waals surface area contributed by atoms with Crippen LogP contribution >= 0.6 is 10.2 Å². The number of hydrogen-bond donors (Lipinski definition) is 1. The monoisotopic (exact) mass is 176 g/mol. The highest BCUT2D eigenvalue weighted by Crippen LogP contribution is 2.40. The lowest BCUT2D eigenvalue weighted by Crippen LogP contribution is -2.40. The van der Waals surface area contributed by atoms with Crippen LogP contribution in [0.3, 0.4) is 0 Å². The second kappa shape index (κ2) is 3.78. The van der Waals surface area contributed by atoms with Crippen molar-refractivity contribution in [1.82, 2.24) is 9.62 Å². The largest absolute Gasteiger partial charge is 0.305 e. The summed E-state index contributed by atoms with van der Waals surface area (Å²) < 4.78 is 3.64. The summed E-state index contributed by atoms with van der Waals surface area (Å²) in [5, 5.41) is 0. The molecule has 2 nitrogen and oxygen atoms in total. The molecule has 68 valence electrons. The Morgan fingerprint density at radius 3 is 2.36 bits per heavy atom. The van der Waals surface area contributed by atoms with Gasteiger partial charge in [0, 0.05) is 31.1 Å². The fourth-order valence-corrected chi connectivity index (χ4v) is 4.04. The maximum Gasteiger partial charge on any atom is 0.00662 e. The van der Waals surface area contributed by atoms with E-state index in [4.69, 9.17) is 0 Å². The van der Waals surface area contributed by atoms with Crippen LogP contribution in [0.4, 0.5) is 0 Å². The van der Waals surface area contributed by atoms with Crippen molar-refractivity contribution in [2.45, 2.75) is 6.92 Å². The molecule has 1 heterocycles. The van der Waals surface area contributed by atoms with Crippen LogP contribution in [0, 0.1) is 0 Å². The molecule has 0 atom stereocenters. The van der Waals surface area contributed by atoms with Gasteiger partial charge >= 0.3 is 0 Å². The lowest BCUT2D eigenvalue weighted by Gasteiger charge is -2.43. The van der Waals surface area contributed by atoms with Gasteiger partial charge in [-0.2, -0.15) is 10.2 Å². The minimum atomic E-state index is -0.415. The van der Waals surface area contributed by atoms with Gasteiger partial charge in [-0.1, -0.05) is 6.92 Å². The van der Waals surface area contributed by atoms with Crippen LogP contribution < -0.4 is 4.72 Å². The summed E-state index contributed by atoms with van der Waals surface area (Å²) in [6, 6.07) is 0. The van der Waals surface area contributed by atoms with E-state index in [-0.39, 0.29) is 0 Å². The quantitative estimate of drug-likeness (QED) is 0.672. The van der Waals surface area contributed by atoms with Crippen molar-refractivity contribution >= 4 is 10.2 Å². The third-order valence-corrected chi connectivity index (χ3v) is 5.49. The van der Waals surface area contributed by atoms with Crippen molar-refractivity contribution in [2.75, 3.05) is 44.4 Å². The molecule has 1 saturated heterocycles. The summed E-state index contributed by atoms with van der Waals surface area (Å²) in [5.74, 6) is 2.74. The SMILES string of the molecule is CCNS1(C)CCN(C)CC1. The van der Waals surface area contributed by atoms with Crippen molar-refractivity contribution in [2.24, 2.45) is 0 Å². The molecule has 0 aromatic rings. The van der Waals surface area contributed by atoms with Gasteiger partial charge in [-0.3, -0.25) is 4.72 Å². The first-order valence-corrected chi connectivity index (χ1v) is 6.71. The molecule has 0 spiro atoms. The standard InChI is InChI=1S/C8H20N2S/c1-4-9-11(3)7-5-10(2)6-8-11/h9H,4-8H2,1-3H3. The lowest BCUT2D eigenvalue weighted by atomic mass is 10.6. The highest BCUT2D eigenvalue weighted by atomic mass is 32.3. The highest BCUT2D eigenvalue weighted by Gasteiger charge is 2.22. The Labute approximate surface area is 71.8 Å². The number of nitrogens with one attached hydrogen (secondary N) is 1. The predicted octanol–water partition coefficient (Wildman–Crippen LogP) is 0.891. The zero-order valence-corrected chi connectivity index (χ0v) is 8.71. The van der Waals surface area contributed by atoms with E-state index in [0.717, 1.165) is 6.54 Å². The smallest absolute Gasteiger partial charge is 0.00662 e. The summed E-state index contributed by atoms with van der Waals surface area (Å²) in [7, 11) is 1.80. The van der Waals surface area contributed by atoms with E-state index < -0.39 is 10.2 Å². The van der Waals surface area contributed by atoms with Crippen LogP contribution in [0.1, 0.15) is 6.92 Å². The maximum absolute atomic E-state index is 3.64. The zero-order valence-electron chi connectivity index (χ0n) is 7.89. The average Bonchev–Trinajstić information content (AvgIpc) is 1.97. The molecule has 0 aromatic carbocycles. The first-order chi connectivity index (χ1) is 5.16. The summed E-state index contributed by atoms with van der Waals surface area (Å²) in [5.41, 5.74) is 0. The van der Waals surface area contributed by atoms with Crippen LogP contribution in [0.2, 0.25) is 0 Å². The first-order valence-electron chi connectivity index (χ1n) is 4.33. The molecule has 0 radical (unpaired) electrons. The van der Waals surface area contributed by atoms with Crippen LogP contribution in [-0.2, 0) is 0 Å². The molecule has 0 unspecified atom stereocenters. The maximum atomic E-state index is 3.64. The van der Waals surface area contributed by atoms with Crippen LogP contribution in [0.5, 0.6) is 0 Å². The molecule has 0 bridgehead atoms. The van der Waals surface area contributed by atoms with Gasteiger partial charge in [0.15, 0.2) is 0 Å². The van der Waals surface area contributed by atoms with Gasteiger partial charge in [0.05, 0.1) is 0 Å². The highest BCUT2D eigenvalue weighted by molar-refractivity contribution is 8.31. The summed E-state index contributed by atoms with van der Waals surface area (Å²) >= 11 is 0. The van der Waals surface area contributed by atoms with Crippen molar-refractivity contribution in [3.63, 3.8) is 0 Å². The molecular formula is C8H20N2S. The molecule has 1 N–H and O–H groups in total. The van der Waals surface area contributed by atoms with E-state index in [1.807, 2.05) is 0 Å². The first kappa shape index (κ1) is 9.36. The Hall–Kier alpha value is 0.270. The molecule has 1 aliphatic rings. The molecule has 1 fully saturated rings. The van der Waals surface area contributed by atoms with Crippen LogP contribution in [-0.4, -0.2) is 49.3 Å². The normalized spacial score (nSPS) is 28.3. The number of rotatable bonds is 2. The molecule has 0 aromatic heterocycles. The average molecular weight is 176 g/mol. The predicted molar refractivity (Wildman–Crippen MR) is 54.4 cm³/mol. The Morgan fingerprint density at radius 1 is 1.36 bits per heavy atom. The van der Waals surface area contributed by atoms with Crippen LogP contribution in [0.15, 0.2) is 0 Å². The molecule has 1 rings (SSSR count). The van der Waals surface area contributed by atoms with Crippen LogP contribution in [0.25, 0.3) is 0 Å². The topological polar surface area (TPSA) is 15.3 Å². The van der Waals surface area contributed by atoms with Crippen molar-refractivity contribution in [3.05, 3.63) is 0 Å². The van der Waals surface area contributed by atoms with Gasteiger partial charge in [-0.15, -0.1) is 0 Å². The summed E-state index contributed by atoms with van der Waals surface area (Å²) in [4.78, 5) is 2.42. The van der Waals surface area contributed by atoms with Crippen molar-refractivity contribution in [3.8, 4) is 0 Å². The van der Waals surface area contributed by atoms with Gasteiger partial charge < -0.3 is 4.90 Å². The van der Waals surface area contributed by atoms with Gasteiger partial charge in [0.25, 0.3) is 0 Å². The fraction of sp³-hybridized carbons (Fsp3) is 1.00. The minimum Gasteiger partial charge on any atom is -0.305 e. The fourth-order valence-electron chi connectivity index (χ4n) is 1.42. The van der Waals surface area contributed by atoms with E-state index in [1.54, 1.807) is 0 Å². The molecule has 1 aliphatic heterocycles. The van der Waals surface area contributed by atoms with E-state index in [2.05, 4.69) is 29.8 Å². The minimum absolute atomic E-state index is 0.415. The number of nitrogens with zero attached hydrogens (tertiary/aromatic N) is 1. The van der Waals surface area contributed by atoms with Gasteiger partial charge in [-0.05, 0) is 13.3 Å². The molecule has 3 heteroatoms. The van der Waals surface area contributed by atoms with E-state index in [0.29, 0.717) is 0 Å². The van der Waals surface area contributed by atoms with Crippen molar-refractivity contribution in [1.29, 1.82) is 0 Å². The second-order valence-corrected chi connectivity index (χ2v) is 7.14. The third kappa shape index (κ3) is 2.65. The molecule has 0 amide bonds. The molecule has 0 saturated carbocycles. The Balaban J connectivity index is 2.35. The summed E-state index contributed by atoms with van der Waals surface area (Å²) in [6.07, 6.45) is 2.42. The van der Waals surface area contributed by atoms with E-state index >= 15 is 0 Å². The summed E-state index contributed by atoms with van der Waals surface area (Å²) in [6.45, 7) is 5.89. The molecular weight excluding hydrogens is 156 g/mol.